The molecular formula is C15H29IN-. The molecule has 1 nitrogen and oxygen atoms in total. The van der Waals surface area contributed by atoms with Crippen molar-refractivity contribution in [2.24, 2.45) is 17.8 Å². The van der Waals surface area contributed by atoms with Crippen molar-refractivity contribution in [3.8, 4) is 0 Å². The molecular weight excluding hydrogens is 321 g/mol. The fourth-order valence-electron chi connectivity index (χ4n) is 3.14. The monoisotopic (exact) mass is 350 g/mol. The molecule has 1 saturated carbocycles. The minimum atomic E-state index is 0.357. The summed E-state index contributed by atoms with van der Waals surface area (Å²) in [5.41, 5.74) is 0. The predicted octanol–water partition coefficient (Wildman–Crippen LogP) is 0.937. The van der Waals surface area contributed by atoms with Gasteiger partial charge in [-0.1, -0.05) is 0 Å². The molecule has 17 heavy (non-hydrogen) atoms. The molecule has 0 unspecified atom stereocenters. The van der Waals surface area contributed by atoms with Crippen molar-refractivity contribution < 1.29 is 21.5 Å². The maximum absolute atomic E-state index is 2.86. The molecule has 0 aromatic heterocycles. The first-order valence-electron chi connectivity index (χ1n) is 7.53. The first kappa shape index (κ1) is 14.1. The Kier molecular flexibility index (Phi) is 5.59. The summed E-state index contributed by atoms with van der Waals surface area (Å²) in [7, 11) is 0. The molecule has 2 heteroatoms. The number of hydrogen-bond donors (Lipinski definition) is 0. The van der Waals surface area contributed by atoms with Gasteiger partial charge < -0.3 is 0 Å². The zero-order valence-corrected chi connectivity index (χ0v) is 13.9. The van der Waals surface area contributed by atoms with Gasteiger partial charge in [0.2, 0.25) is 0 Å². The third-order valence-corrected chi connectivity index (χ3v) is 8.44. The van der Waals surface area contributed by atoms with Gasteiger partial charge in [-0.3, -0.25) is 0 Å². The van der Waals surface area contributed by atoms with Gasteiger partial charge >= 0.3 is 119 Å². The van der Waals surface area contributed by atoms with E-state index in [0.717, 1.165) is 21.7 Å². The fraction of sp³-hybridized carbons (Fsp3) is 1.00. The average molecular weight is 350 g/mol. The van der Waals surface area contributed by atoms with Crippen LogP contribution in [0.25, 0.3) is 0 Å². The SMILES string of the molecule is CC1CCC([I-]N2CCC(C(C)C)CC2)CC1. The number of rotatable bonds is 3. The van der Waals surface area contributed by atoms with Gasteiger partial charge in [0.15, 0.2) is 0 Å². The van der Waals surface area contributed by atoms with Crippen molar-refractivity contribution in [2.45, 2.75) is 63.2 Å². The molecule has 0 bridgehead atoms. The molecule has 0 aromatic rings. The van der Waals surface area contributed by atoms with Gasteiger partial charge in [0, 0.05) is 0 Å². The quantitative estimate of drug-likeness (QED) is 0.416. The molecule has 102 valence electrons. The summed E-state index contributed by atoms with van der Waals surface area (Å²) in [5, 5.41) is 0. The molecule has 0 spiro atoms. The number of piperidine rings is 1. The molecule has 1 aliphatic heterocycles. The second kappa shape index (κ2) is 6.74. The fourth-order valence-corrected chi connectivity index (χ4v) is 6.65. The zero-order valence-electron chi connectivity index (χ0n) is 11.8. The van der Waals surface area contributed by atoms with Crippen LogP contribution in [0.5, 0.6) is 0 Å². The Bertz CT molecular complexity index is 213. The minimum absolute atomic E-state index is 0.357. The number of halogens is 1. The molecule has 0 amide bonds. The third kappa shape index (κ3) is 4.38. The molecule has 1 heterocycles. The summed E-state index contributed by atoms with van der Waals surface area (Å²) in [4.78, 5) is 0. The molecule has 1 aliphatic carbocycles. The van der Waals surface area contributed by atoms with Crippen molar-refractivity contribution in [1.29, 1.82) is 0 Å². The first-order valence-corrected chi connectivity index (χ1v) is 9.75. The van der Waals surface area contributed by atoms with E-state index in [1.807, 2.05) is 0 Å². The Balaban J connectivity index is 1.67. The normalized spacial score (nSPS) is 33.4. The van der Waals surface area contributed by atoms with Crippen LogP contribution in [-0.2, 0) is 0 Å². The van der Waals surface area contributed by atoms with Crippen LogP contribution in [0.15, 0.2) is 0 Å². The van der Waals surface area contributed by atoms with E-state index in [2.05, 4.69) is 23.9 Å². The van der Waals surface area contributed by atoms with Crippen LogP contribution in [0.4, 0.5) is 0 Å². The van der Waals surface area contributed by atoms with E-state index in [1.165, 1.54) is 38.8 Å². The molecule has 2 aliphatic rings. The van der Waals surface area contributed by atoms with Gasteiger partial charge in [0.05, 0.1) is 0 Å². The van der Waals surface area contributed by atoms with Crippen LogP contribution in [0.2, 0.25) is 0 Å². The van der Waals surface area contributed by atoms with Crippen molar-refractivity contribution in [2.75, 3.05) is 13.1 Å². The summed E-state index contributed by atoms with van der Waals surface area (Å²) in [6.45, 7) is 10.1. The molecule has 0 N–H and O–H groups in total. The zero-order chi connectivity index (χ0) is 12.3. The summed E-state index contributed by atoms with van der Waals surface area (Å²) >= 11 is 0.357. The van der Waals surface area contributed by atoms with Gasteiger partial charge in [-0.05, 0) is 0 Å². The van der Waals surface area contributed by atoms with Crippen LogP contribution < -0.4 is 21.5 Å². The van der Waals surface area contributed by atoms with Crippen molar-refractivity contribution >= 4 is 0 Å². The van der Waals surface area contributed by atoms with E-state index in [-0.39, 0.29) is 0 Å². The van der Waals surface area contributed by atoms with Gasteiger partial charge in [-0.15, -0.1) is 0 Å². The van der Waals surface area contributed by atoms with E-state index in [9.17, 15) is 0 Å². The summed E-state index contributed by atoms with van der Waals surface area (Å²) in [6, 6.07) is 0. The molecule has 0 aromatic carbocycles. The molecule has 0 atom stereocenters. The van der Waals surface area contributed by atoms with E-state index in [1.54, 1.807) is 12.8 Å². The van der Waals surface area contributed by atoms with E-state index < -0.39 is 0 Å². The van der Waals surface area contributed by atoms with Crippen LogP contribution >= 0.6 is 0 Å². The van der Waals surface area contributed by atoms with E-state index in [0.29, 0.717) is 21.5 Å². The third-order valence-electron chi connectivity index (χ3n) is 4.65. The summed E-state index contributed by atoms with van der Waals surface area (Å²) in [5.74, 6) is 2.94. The Labute approximate surface area is 118 Å². The van der Waals surface area contributed by atoms with Gasteiger partial charge in [-0.2, -0.15) is 0 Å². The van der Waals surface area contributed by atoms with Gasteiger partial charge in [0.25, 0.3) is 0 Å². The van der Waals surface area contributed by atoms with Crippen LogP contribution in [0, 0.1) is 17.8 Å². The van der Waals surface area contributed by atoms with E-state index >= 15 is 0 Å². The summed E-state index contributed by atoms with van der Waals surface area (Å²) < 4.78 is 3.99. The van der Waals surface area contributed by atoms with Gasteiger partial charge in [-0.25, -0.2) is 0 Å². The maximum atomic E-state index is 2.86. The van der Waals surface area contributed by atoms with Crippen molar-refractivity contribution in [3.05, 3.63) is 0 Å². The molecule has 2 fully saturated rings. The Morgan fingerprint density at radius 1 is 0.941 bits per heavy atom. The predicted molar refractivity (Wildman–Crippen MR) is 70.6 cm³/mol. The molecule has 0 radical (unpaired) electrons. The Morgan fingerprint density at radius 2 is 1.53 bits per heavy atom. The standard InChI is InChI=1S/C15H29IN/c1-12(2)14-8-10-17(11-9-14)16-15-6-4-13(3)5-7-15/h12-15H,4-11H2,1-3H3/q-1. The van der Waals surface area contributed by atoms with Crippen molar-refractivity contribution in [3.63, 3.8) is 0 Å². The second-order valence-corrected chi connectivity index (χ2v) is 10.1. The molecule has 1 saturated heterocycles. The first-order chi connectivity index (χ1) is 8.15. The van der Waals surface area contributed by atoms with Crippen LogP contribution in [-0.4, -0.2) is 20.1 Å². The second-order valence-electron chi connectivity index (χ2n) is 6.45. The Hall–Kier alpha value is 0.690. The number of nitrogens with zero attached hydrogens (tertiary/aromatic N) is 1. The average Bonchev–Trinajstić information content (AvgIpc) is 2.33. The Morgan fingerprint density at radius 3 is 2.06 bits per heavy atom. The molecule has 2 rings (SSSR count). The number of hydrogen-bond acceptors (Lipinski definition) is 1. The van der Waals surface area contributed by atoms with E-state index in [4.69, 9.17) is 0 Å². The summed E-state index contributed by atoms with van der Waals surface area (Å²) in [6.07, 6.45) is 9.04. The topological polar surface area (TPSA) is 3.24 Å². The van der Waals surface area contributed by atoms with Crippen LogP contribution in [0.3, 0.4) is 0 Å². The van der Waals surface area contributed by atoms with Crippen molar-refractivity contribution in [1.82, 2.24) is 3.11 Å². The van der Waals surface area contributed by atoms with Crippen LogP contribution in [0.1, 0.15) is 59.3 Å². The van der Waals surface area contributed by atoms with Gasteiger partial charge in [0.1, 0.15) is 0 Å². The number of alkyl halides is 1.